The van der Waals surface area contributed by atoms with E-state index in [4.69, 9.17) is 4.74 Å². The molecule has 1 heterocycles. The van der Waals surface area contributed by atoms with Crippen LogP contribution in [0.5, 0.6) is 0 Å². The number of nitrogens with one attached hydrogen (secondary N) is 1. The van der Waals surface area contributed by atoms with Crippen molar-refractivity contribution in [3.8, 4) is 0 Å². The fourth-order valence-electron chi connectivity index (χ4n) is 3.02. The van der Waals surface area contributed by atoms with Crippen LogP contribution in [-0.2, 0) is 9.53 Å². The Morgan fingerprint density at radius 3 is 2.30 bits per heavy atom. The molecule has 0 bridgehead atoms. The molecule has 1 amide bonds. The lowest BCUT2D eigenvalue weighted by molar-refractivity contribution is -0.321. The molecule has 23 heavy (non-hydrogen) atoms. The van der Waals surface area contributed by atoms with Crippen LogP contribution in [0, 0.1) is 0 Å². The fourth-order valence-corrected chi connectivity index (χ4v) is 3.02. The minimum Gasteiger partial charge on any atom is -0.394 e. The van der Waals surface area contributed by atoms with Crippen molar-refractivity contribution in [1.82, 2.24) is 5.32 Å². The van der Waals surface area contributed by atoms with Crippen molar-refractivity contribution in [2.75, 3.05) is 6.61 Å². The summed E-state index contributed by atoms with van der Waals surface area (Å²) < 4.78 is 5.43. The van der Waals surface area contributed by atoms with E-state index < -0.39 is 42.7 Å². The van der Waals surface area contributed by atoms with Crippen LogP contribution >= 0.6 is 0 Å². The van der Waals surface area contributed by atoms with Gasteiger partial charge in [0.15, 0.2) is 5.79 Å². The van der Waals surface area contributed by atoms with Gasteiger partial charge in [-0.1, -0.05) is 39.0 Å². The van der Waals surface area contributed by atoms with E-state index in [1.165, 1.54) is 13.3 Å². The molecule has 0 saturated carbocycles. The maximum Gasteiger partial charge on any atom is 0.217 e. The Hall–Kier alpha value is -0.730. The zero-order valence-corrected chi connectivity index (χ0v) is 14.1. The van der Waals surface area contributed by atoms with Crippen molar-refractivity contribution >= 4 is 5.91 Å². The first-order valence-electron chi connectivity index (χ1n) is 8.50. The maximum atomic E-state index is 11.3. The Morgan fingerprint density at radius 2 is 1.74 bits per heavy atom. The van der Waals surface area contributed by atoms with Gasteiger partial charge in [0.25, 0.3) is 0 Å². The van der Waals surface area contributed by atoms with Crippen molar-refractivity contribution in [2.24, 2.45) is 0 Å². The van der Waals surface area contributed by atoms with E-state index in [-0.39, 0.29) is 6.42 Å². The topological polar surface area (TPSA) is 119 Å². The monoisotopic (exact) mass is 333 g/mol. The van der Waals surface area contributed by atoms with Crippen molar-refractivity contribution in [1.29, 1.82) is 0 Å². The summed E-state index contributed by atoms with van der Waals surface area (Å²) in [5.74, 6) is -2.24. The SMILES string of the molecule is CCCCCCCC[C@@]1(O)O[C@H](CO)[C@@H](O)[C@H](O)[C@H]1NC(C)=O. The van der Waals surface area contributed by atoms with Crippen molar-refractivity contribution in [3.05, 3.63) is 0 Å². The Kier molecular flexibility index (Phi) is 8.42. The summed E-state index contributed by atoms with van der Waals surface area (Å²) in [5, 5.41) is 42.6. The number of carbonyl (C=O) groups is 1. The zero-order chi connectivity index (χ0) is 17.5. The second-order valence-electron chi connectivity index (χ2n) is 6.36. The van der Waals surface area contributed by atoms with E-state index in [1.807, 2.05) is 0 Å². The van der Waals surface area contributed by atoms with Crippen LogP contribution in [0.25, 0.3) is 0 Å². The smallest absolute Gasteiger partial charge is 0.217 e. The van der Waals surface area contributed by atoms with Crippen molar-refractivity contribution in [2.45, 2.75) is 88.9 Å². The molecule has 7 nitrogen and oxygen atoms in total. The molecule has 7 heteroatoms. The van der Waals surface area contributed by atoms with Gasteiger partial charge in [-0.3, -0.25) is 4.79 Å². The van der Waals surface area contributed by atoms with Gasteiger partial charge < -0.3 is 30.5 Å². The first-order chi connectivity index (χ1) is 10.9. The molecule has 1 aliphatic heterocycles. The molecule has 5 N–H and O–H groups in total. The molecule has 0 unspecified atom stereocenters. The summed E-state index contributed by atoms with van der Waals surface area (Å²) in [5.41, 5.74) is 0. The van der Waals surface area contributed by atoms with E-state index in [2.05, 4.69) is 12.2 Å². The summed E-state index contributed by atoms with van der Waals surface area (Å²) >= 11 is 0. The molecule has 0 aromatic rings. The largest absolute Gasteiger partial charge is 0.394 e. The van der Waals surface area contributed by atoms with E-state index in [0.717, 1.165) is 25.7 Å². The highest BCUT2D eigenvalue weighted by Gasteiger charge is 2.53. The molecule has 1 aliphatic rings. The minimum absolute atomic E-state index is 0.213. The first-order valence-corrected chi connectivity index (χ1v) is 8.50. The standard InChI is InChI=1S/C16H31NO6/c1-3-4-5-6-7-8-9-16(22)15(17-11(2)19)14(21)13(20)12(10-18)23-16/h12-15,18,20-22H,3-10H2,1-2H3,(H,17,19)/t12-,13-,14+,15-,16-/m1/s1. The number of rotatable bonds is 9. The lowest BCUT2D eigenvalue weighted by atomic mass is 9.87. The van der Waals surface area contributed by atoms with Gasteiger partial charge in [-0.05, 0) is 6.42 Å². The van der Waals surface area contributed by atoms with Gasteiger partial charge in [0, 0.05) is 13.3 Å². The van der Waals surface area contributed by atoms with Crippen molar-refractivity contribution in [3.63, 3.8) is 0 Å². The van der Waals surface area contributed by atoms with Crippen LogP contribution in [0.2, 0.25) is 0 Å². The van der Waals surface area contributed by atoms with Gasteiger partial charge in [0.2, 0.25) is 5.91 Å². The van der Waals surface area contributed by atoms with Crippen LogP contribution in [-0.4, -0.2) is 63.1 Å². The number of aliphatic hydroxyl groups excluding tert-OH is 3. The summed E-state index contributed by atoms with van der Waals surface area (Å²) in [7, 11) is 0. The minimum atomic E-state index is -1.80. The van der Waals surface area contributed by atoms with Gasteiger partial charge in [0.05, 0.1) is 6.61 Å². The quantitative estimate of drug-likeness (QED) is 0.380. The van der Waals surface area contributed by atoms with Gasteiger partial charge in [-0.15, -0.1) is 0 Å². The molecule has 0 aromatic heterocycles. The average Bonchev–Trinajstić information content (AvgIpc) is 2.51. The third-order valence-corrected chi connectivity index (χ3v) is 4.34. The number of aliphatic hydroxyl groups is 4. The number of carbonyl (C=O) groups excluding carboxylic acids is 1. The van der Waals surface area contributed by atoms with E-state index in [0.29, 0.717) is 6.42 Å². The van der Waals surface area contributed by atoms with Crippen molar-refractivity contribution < 1.29 is 30.0 Å². The van der Waals surface area contributed by atoms with Crippen LogP contribution in [0.3, 0.4) is 0 Å². The molecule has 0 radical (unpaired) electrons. The van der Waals surface area contributed by atoms with Crippen LogP contribution in [0.1, 0.15) is 58.8 Å². The molecule has 136 valence electrons. The van der Waals surface area contributed by atoms with Gasteiger partial charge in [-0.2, -0.15) is 0 Å². The maximum absolute atomic E-state index is 11.3. The molecule has 1 rings (SSSR count). The average molecular weight is 333 g/mol. The number of amides is 1. The zero-order valence-electron chi connectivity index (χ0n) is 14.1. The van der Waals surface area contributed by atoms with E-state index in [1.54, 1.807) is 0 Å². The summed E-state index contributed by atoms with van der Waals surface area (Å²) in [6, 6.07) is -1.13. The number of unbranched alkanes of at least 4 members (excludes halogenated alkanes) is 5. The molecule has 1 fully saturated rings. The molecule has 0 spiro atoms. The molecule has 0 aliphatic carbocycles. The molecule has 5 atom stereocenters. The van der Waals surface area contributed by atoms with Gasteiger partial charge in [-0.25, -0.2) is 0 Å². The van der Waals surface area contributed by atoms with Crippen LogP contribution in [0.15, 0.2) is 0 Å². The Morgan fingerprint density at radius 1 is 1.13 bits per heavy atom. The van der Waals surface area contributed by atoms with Crippen LogP contribution < -0.4 is 5.32 Å². The Labute approximate surface area is 137 Å². The highest BCUT2D eigenvalue weighted by Crippen LogP contribution is 2.32. The first kappa shape index (κ1) is 20.3. The highest BCUT2D eigenvalue weighted by molar-refractivity contribution is 5.73. The predicted molar refractivity (Wildman–Crippen MR) is 84.5 cm³/mol. The Bertz CT molecular complexity index is 366. The third kappa shape index (κ3) is 5.69. The lowest BCUT2D eigenvalue weighted by Crippen LogP contribution is -2.70. The summed E-state index contributed by atoms with van der Waals surface area (Å²) in [6.45, 7) is 2.88. The highest BCUT2D eigenvalue weighted by atomic mass is 16.6. The lowest BCUT2D eigenvalue weighted by Gasteiger charge is -2.47. The number of ether oxygens (including phenoxy) is 1. The molecular weight excluding hydrogens is 302 g/mol. The predicted octanol–water partition coefficient (Wildman–Crippen LogP) is 0.0432. The fraction of sp³-hybridized carbons (Fsp3) is 0.938. The second-order valence-corrected chi connectivity index (χ2v) is 6.36. The normalized spacial score (nSPS) is 34.3. The second kappa shape index (κ2) is 9.54. The van der Waals surface area contributed by atoms with Gasteiger partial charge >= 0.3 is 0 Å². The Balaban J connectivity index is 2.68. The molecule has 1 saturated heterocycles. The number of hydrogen-bond donors (Lipinski definition) is 5. The summed E-state index contributed by atoms with van der Waals surface area (Å²) in [6.07, 6.45) is 2.42. The van der Waals surface area contributed by atoms with E-state index in [9.17, 15) is 25.2 Å². The third-order valence-electron chi connectivity index (χ3n) is 4.34. The van der Waals surface area contributed by atoms with E-state index >= 15 is 0 Å². The van der Waals surface area contributed by atoms with Gasteiger partial charge in [0.1, 0.15) is 24.4 Å². The summed E-state index contributed by atoms with van der Waals surface area (Å²) in [4.78, 5) is 11.3. The van der Waals surface area contributed by atoms with Crippen LogP contribution in [0.4, 0.5) is 0 Å². The molecule has 0 aromatic carbocycles. The molecular formula is C16H31NO6. The number of hydrogen-bond acceptors (Lipinski definition) is 6.